The molecule has 2 aliphatic rings. The summed E-state index contributed by atoms with van der Waals surface area (Å²) >= 11 is 0. The molecule has 0 N–H and O–H groups in total. The summed E-state index contributed by atoms with van der Waals surface area (Å²) in [6.45, 7) is 5.46. The maximum absolute atomic E-state index is 5.68. The molecule has 0 saturated carbocycles. The van der Waals surface area contributed by atoms with Gasteiger partial charge in [-0.1, -0.05) is 6.07 Å². The molecule has 1 aromatic heterocycles. The summed E-state index contributed by atoms with van der Waals surface area (Å²) in [4.78, 5) is 9.38. The van der Waals surface area contributed by atoms with E-state index in [9.17, 15) is 0 Å². The second kappa shape index (κ2) is 6.75. The minimum atomic E-state index is 0.376. The number of anilines is 1. The van der Waals surface area contributed by atoms with E-state index in [1.165, 1.54) is 6.42 Å². The summed E-state index contributed by atoms with van der Waals surface area (Å²) in [5.41, 5.74) is 0. The Labute approximate surface area is 121 Å². The molecular weight excluding hydrogens is 250 g/mol. The van der Waals surface area contributed by atoms with E-state index in [-0.39, 0.29) is 0 Å². The average Bonchev–Trinajstić information content (AvgIpc) is 2.75. The van der Waals surface area contributed by atoms with E-state index in [1.807, 2.05) is 18.5 Å². The maximum Gasteiger partial charge on any atom is 0.128 e. The van der Waals surface area contributed by atoms with Gasteiger partial charge < -0.3 is 9.64 Å². The highest BCUT2D eigenvalue weighted by Gasteiger charge is 2.20. The van der Waals surface area contributed by atoms with Gasteiger partial charge in [-0.2, -0.15) is 0 Å². The van der Waals surface area contributed by atoms with Crippen molar-refractivity contribution in [3.63, 3.8) is 0 Å². The van der Waals surface area contributed by atoms with Crippen LogP contribution in [-0.4, -0.2) is 48.7 Å². The molecule has 0 bridgehead atoms. The van der Waals surface area contributed by atoms with Crippen LogP contribution in [0, 0.1) is 0 Å². The van der Waals surface area contributed by atoms with Crippen molar-refractivity contribution >= 4 is 5.82 Å². The summed E-state index contributed by atoms with van der Waals surface area (Å²) in [6, 6.07) is 6.14. The van der Waals surface area contributed by atoms with Crippen LogP contribution in [0.25, 0.3) is 0 Å². The molecule has 108 valence electrons. The van der Waals surface area contributed by atoms with Crippen molar-refractivity contribution < 1.29 is 4.74 Å². The van der Waals surface area contributed by atoms with Crippen molar-refractivity contribution in [2.24, 2.45) is 0 Å². The smallest absolute Gasteiger partial charge is 0.128 e. The van der Waals surface area contributed by atoms with Crippen LogP contribution in [0.1, 0.15) is 19.3 Å². The topological polar surface area (TPSA) is 28.6 Å². The van der Waals surface area contributed by atoms with Gasteiger partial charge in [0.25, 0.3) is 0 Å². The Kier molecular flexibility index (Phi) is 4.53. The van der Waals surface area contributed by atoms with Crippen molar-refractivity contribution in [1.29, 1.82) is 0 Å². The van der Waals surface area contributed by atoms with Gasteiger partial charge in [0.1, 0.15) is 11.9 Å². The van der Waals surface area contributed by atoms with Crippen molar-refractivity contribution in [2.45, 2.75) is 25.4 Å². The summed E-state index contributed by atoms with van der Waals surface area (Å²) in [5, 5.41) is 0. The molecule has 3 rings (SSSR count). The van der Waals surface area contributed by atoms with Gasteiger partial charge in [-0.05, 0) is 37.5 Å². The van der Waals surface area contributed by atoms with E-state index in [1.54, 1.807) is 0 Å². The zero-order valence-electron chi connectivity index (χ0n) is 11.9. The van der Waals surface area contributed by atoms with Gasteiger partial charge in [0.2, 0.25) is 0 Å². The standard InChI is InChI=1S/C16H23N3O/c1-3-8-17-16(7-1)19-10-5-9-18(11-12-19)14-15-6-2-4-13-20-15/h1,3-4,7-8,13,15H,2,5-6,9-12,14H2. The van der Waals surface area contributed by atoms with Crippen LogP contribution in [0.2, 0.25) is 0 Å². The third-order valence-electron chi connectivity index (χ3n) is 4.05. The Morgan fingerprint density at radius 3 is 3.00 bits per heavy atom. The minimum Gasteiger partial charge on any atom is -0.497 e. The van der Waals surface area contributed by atoms with Gasteiger partial charge in [-0.3, -0.25) is 4.90 Å². The van der Waals surface area contributed by atoms with E-state index >= 15 is 0 Å². The van der Waals surface area contributed by atoms with Gasteiger partial charge in [0, 0.05) is 38.9 Å². The summed E-state index contributed by atoms with van der Waals surface area (Å²) < 4.78 is 5.68. The molecule has 0 aliphatic carbocycles. The van der Waals surface area contributed by atoms with E-state index in [0.29, 0.717) is 6.10 Å². The zero-order chi connectivity index (χ0) is 13.6. The lowest BCUT2D eigenvalue weighted by molar-refractivity contribution is 0.0815. The van der Waals surface area contributed by atoms with Crippen LogP contribution in [0.3, 0.4) is 0 Å². The third-order valence-corrected chi connectivity index (χ3v) is 4.05. The van der Waals surface area contributed by atoms with Gasteiger partial charge in [-0.15, -0.1) is 0 Å². The highest BCUT2D eigenvalue weighted by molar-refractivity contribution is 5.37. The summed E-state index contributed by atoms with van der Waals surface area (Å²) in [5.74, 6) is 1.10. The summed E-state index contributed by atoms with van der Waals surface area (Å²) in [7, 11) is 0. The van der Waals surface area contributed by atoms with E-state index in [2.05, 4.69) is 33.0 Å². The molecule has 1 aromatic rings. The predicted molar refractivity (Wildman–Crippen MR) is 80.8 cm³/mol. The maximum atomic E-state index is 5.68. The third kappa shape index (κ3) is 3.51. The van der Waals surface area contributed by atoms with Crippen LogP contribution in [0.4, 0.5) is 5.82 Å². The molecule has 0 spiro atoms. The number of aromatic nitrogens is 1. The van der Waals surface area contributed by atoms with E-state index in [4.69, 9.17) is 4.74 Å². The normalized spacial score (nSPS) is 24.2. The predicted octanol–water partition coefficient (Wildman–Crippen LogP) is 2.29. The Bertz CT molecular complexity index is 435. The average molecular weight is 273 g/mol. The lowest BCUT2D eigenvalue weighted by Crippen LogP contribution is -2.37. The molecule has 1 fully saturated rings. The first-order valence-electron chi connectivity index (χ1n) is 7.60. The molecule has 1 atom stereocenters. The Hall–Kier alpha value is -1.55. The zero-order valence-corrected chi connectivity index (χ0v) is 11.9. The molecule has 0 amide bonds. The Morgan fingerprint density at radius 2 is 2.20 bits per heavy atom. The van der Waals surface area contributed by atoms with Gasteiger partial charge in [0.05, 0.1) is 6.26 Å². The van der Waals surface area contributed by atoms with Gasteiger partial charge in [-0.25, -0.2) is 4.98 Å². The molecular formula is C16H23N3O. The molecule has 2 aliphatic heterocycles. The minimum absolute atomic E-state index is 0.376. The number of ether oxygens (including phenoxy) is 1. The molecule has 1 unspecified atom stereocenters. The molecule has 1 saturated heterocycles. The number of pyridine rings is 1. The lowest BCUT2D eigenvalue weighted by Gasteiger charge is -2.27. The fourth-order valence-electron chi connectivity index (χ4n) is 2.93. The molecule has 20 heavy (non-hydrogen) atoms. The van der Waals surface area contributed by atoms with Crippen molar-refractivity contribution in [3.05, 3.63) is 36.7 Å². The van der Waals surface area contributed by atoms with Gasteiger partial charge >= 0.3 is 0 Å². The fraction of sp³-hybridized carbons (Fsp3) is 0.562. The highest BCUT2D eigenvalue weighted by atomic mass is 16.5. The molecule has 4 nitrogen and oxygen atoms in total. The SMILES string of the molecule is C1=COC(CN2CCCN(c3ccccn3)CC2)CC1. The summed E-state index contributed by atoms with van der Waals surface area (Å²) in [6.07, 6.45) is 9.73. The van der Waals surface area contributed by atoms with Crippen LogP contribution >= 0.6 is 0 Å². The van der Waals surface area contributed by atoms with Crippen molar-refractivity contribution in [1.82, 2.24) is 9.88 Å². The highest BCUT2D eigenvalue weighted by Crippen LogP contribution is 2.15. The van der Waals surface area contributed by atoms with E-state index in [0.717, 1.165) is 51.4 Å². The van der Waals surface area contributed by atoms with Crippen molar-refractivity contribution in [3.8, 4) is 0 Å². The molecule has 0 aromatic carbocycles. The Morgan fingerprint density at radius 1 is 1.20 bits per heavy atom. The Balaban J connectivity index is 1.53. The van der Waals surface area contributed by atoms with Crippen LogP contribution in [0.15, 0.2) is 36.7 Å². The second-order valence-electron chi connectivity index (χ2n) is 5.54. The van der Waals surface area contributed by atoms with Crippen LogP contribution in [0.5, 0.6) is 0 Å². The van der Waals surface area contributed by atoms with Crippen molar-refractivity contribution in [2.75, 3.05) is 37.6 Å². The first-order chi connectivity index (χ1) is 9.92. The number of rotatable bonds is 3. The van der Waals surface area contributed by atoms with Crippen LogP contribution in [-0.2, 0) is 4.74 Å². The number of hydrogen-bond donors (Lipinski definition) is 0. The van der Waals surface area contributed by atoms with Gasteiger partial charge in [0.15, 0.2) is 0 Å². The molecule has 4 heteroatoms. The molecule has 3 heterocycles. The second-order valence-corrected chi connectivity index (χ2v) is 5.54. The lowest BCUT2D eigenvalue weighted by atomic mass is 10.1. The monoisotopic (exact) mass is 273 g/mol. The van der Waals surface area contributed by atoms with E-state index < -0.39 is 0 Å². The largest absolute Gasteiger partial charge is 0.497 e. The number of allylic oxidation sites excluding steroid dienone is 1. The molecule has 0 radical (unpaired) electrons. The van der Waals surface area contributed by atoms with Crippen LogP contribution < -0.4 is 4.90 Å². The quantitative estimate of drug-likeness (QED) is 0.845. The number of hydrogen-bond acceptors (Lipinski definition) is 4. The number of nitrogens with zero attached hydrogens (tertiary/aromatic N) is 3. The first kappa shape index (κ1) is 13.4. The fourth-order valence-corrected chi connectivity index (χ4v) is 2.93. The first-order valence-corrected chi connectivity index (χ1v) is 7.60.